The van der Waals surface area contributed by atoms with Crippen LogP contribution in [0.4, 0.5) is 14.5 Å². The maximum absolute atomic E-state index is 14.4. The lowest BCUT2D eigenvalue weighted by Crippen LogP contribution is -2.61. The number of ether oxygens (including phenoxy) is 2. The van der Waals surface area contributed by atoms with Crippen LogP contribution >= 0.6 is 0 Å². The normalized spacial score (nSPS) is 27.2. The molecule has 0 spiro atoms. The van der Waals surface area contributed by atoms with Gasteiger partial charge in [-0.15, -0.1) is 0 Å². The Morgan fingerprint density at radius 1 is 1.07 bits per heavy atom. The first-order valence-electron chi connectivity index (χ1n) is 14.0. The van der Waals surface area contributed by atoms with Crippen LogP contribution in [-0.4, -0.2) is 77.4 Å². The van der Waals surface area contributed by atoms with E-state index in [0.717, 1.165) is 37.9 Å². The van der Waals surface area contributed by atoms with E-state index in [2.05, 4.69) is 16.7 Å². The van der Waals surface area contributed by atoms with E-state index in [9.17, 15) is 23.5 Å². The van der Waals surface area contributed by atoms with Crippen molar-refractivity contribution in [2.24, 2.45) is 5.92 Å². The van der Waals surface area contributed by atoms with Crippen molar-refractivity contribution in [3.05, 3.63) is 58.7 Å². The summed E-state index contributed by atoms with van der Waals surface area (Å²) in [5.74, 6) is -2.06. The molecule has 1 amide bonds. The molecular weight excluding hydrogens is 520 g/mol. The summed E-state index contributed by atoms with van der Waals surface area (Å²) < 4.78 is 40.5. The lowest BCUT2D eigenvalue weighted by Gasteiger charge is -2.48. The average Bonchev–Trinajstić information content (AvgIpc) is 3.79. The molecule has 0 unspecified atom stereocenters. The number of fused-ring (bicyclic) bond motifs is 1. The van der Waals surface area contributed by atoms with Gasteiger partial charge in [0.15, 0.2) is 18.3 Å². The standard InChI is InChI=1S/C30H35F2N3O5/c1-18-11-20-15-34(17-39-27(20)26(32)12-18)29(38)30(21-3-4-21)8-7-23(16-40-30)33-9-10-35(19(2)14-33)22-5-6-25(31)24(13-22)28(36)37/h5-6,11-13,19,21,23H,3-4,7-10,14-17H2,1-2H3,(H,36,37)/t19-,23+,30-/m0/s1. The van der Waals surface area contributed by atoms with E-state index in [1.807, 2.05) is 13.0 Å². The average molecular weight is 556 g/mol. The lowest BCUT2D eigenvalue weighted by atomic mass is 9.85. The monoisotopic (exact) mass is 555 g/mol. The smallest absolute Gasteiger partial charge is 0.338 e. The molecule has 3 fully saturated rings. The number of amides is 1. The third-order valence-corrected chi connectivity index (χ3v) is 8.95. The Morgan fingerprint density at radius 3 is 2.55 bits per heavy atom. The minimum atomic E-state index is -1.28. The van der Waals surface area contributed by atoms with Crippen LogP contribution in [0.2, 0.25) is 0 Å². The first kappa shape index (κ1) is 27.0. The number of carbonyl (C=O) groups is 2. The van der Waals surface area contributed by atoms with Crippen LogP contribution < -0.4 is 9.64 Å². The number of anilines is 1. The summed E-state index contributed by atoms with van der Waals surface area (Å²) in [7, 11) is 0. The summed E-state index contributed by atoms with van der Waals surface area (Å²) in [4.78, 5) is 31.5. The number of nitrogens with zero attached hydrogens (tertiary/aromatic N) is 3. The van der Waals surface area contributed by atoms with E-state index in [0.29, 0.717) is 37.4 Å². The van der Waals surface area contributed by atoms with Gasteiger partial charge in [-0.25, -0.2) is 13.6 Å². The highest BCUT2D eigenvalue weighted by Crippen LogP contribution is 2.48. The Bertz CT molecular complexity index is 1320. The number of carbonyl (C=O) groups excluding carboxylic acids is 1. The van der Waals surface area contributed by atoms with Crippen LogP contribution in [0, 0.1) is 24.5 Å². The highest BCUT2D eigenvalue weighted by atomic mass is 19.1. The van der Waals surface area contributed by atoms with E-state index < -0.39 is 23.2 Å². The number of aromatic carboxylic acids is 1. The lowest BCUT2D eigenvalue weighted by molar-refractivity contribution is -0.180. The Labute approximate surface area is 232 Å². The minimum absolute atomic E-state index is 0.0134. The number of rotatable bonds is 5. The summed E-state index contributed by atoms with van der Waals surface area (Å²) in [6.07, 6.45) is 3.37. The predicted molar refractivity (Wildman–Crippen MR) is 143 cm³/mol. The molecule has 40 heavy (non-hydrogen) atoms. The van der Waals surface area contributed by atoms with E-state index in [1.54, 1.807) is 11.0 Å². The number of aryl methyl sites for hydroxylation is 1. The third kappa shape index (κ3) is 4.81. The second kappa shape index (κ2) is 10.3. The van der Waals surface area contributed by atoms with Gasteiger partial charge in [-0.05, 0) is 75.3 Å². The maximum atomic E-state index is 14.4. The molecule has 6 rings (SSSR count). The molecular formula is C30H35F2N3O5. The van der Waals surface area contributed by atoms with Crippen LogP contribution in [0.15, 0.2) is 30.3 Å². The van der Waals surface area contributed by atoms with Gasteiger partial charge < -0.3 is 24.4 Å². The SMILES string of the molecule is Cc1cc(F)c2c(c1)CN(C(=O)[C@@]1(C3CC3)CC[C@@H](N3CCN(c4ccc(F)c(C(=O)O)c4)[C@@H](C)C3)CO1)CO2. The number of halogens is 2. The zero-order chi connectivity index (χ0) is 28.2. The molecule has 2 aromatic rings. The highest BCUT2D eigenvalue weighted by Gasteiger charge is 2.56. The number of hydrogen-bond donors (Lipinski definition) is 1. The number of carboxylic acid groups (broad SMARTS) is 1. The van der Waals surface area contributed by atoms with Gasteiger partial charge in [0.1, 0.15) is 11.4 Å². The van der Waals surface area contributed by atoms with Gasteiger partial charge in [0.05, 0.1) is 18.7 Å². The molecule has 2 saturated heterocycles. The van der Waals surface area contributed by atoms with Crippen molar-refractivity contribution in [3.8, 4) is 5.75 Å². The number of piperazine rings is 1. The van der Waals surface area contributed by atoms with Crippen molar-refractivity contribution in [1.82, 2.24) is 9.80 Å². The van der Waals surface area contributed by atoms with Crippen molar-refractivity contribution >= 4 is 17.6 Å². The molecule has 3 aliphatic heterocycles. The second-order valence-electron chi connectivity index (χ2n) is 11.7. The second-order valence-corrected chi connectivity index (χ2v) is 11.7. The van der Waals surface area contributed by atoms with E-state index in [-0.39, 0.29) is 42.0 Å². The molecule has 3 atom stereocenters. The third-order valence-electron chi connectivity index (χ3n) is 8.95. The highest BCUT2D eigenvalue weighted by molar-refractivity contribution is 5.89. The number of benzene rings is 2. The van der Waals surface area contributed by atoms with Gasteiger partial charge in [-0.2, -0.15) is 0 Å². The molecule has 8 nitrogen and oxygen atoms in total. The molecule has 1 N–H and O–H groups in total. The zero-order valence-corrected chi connectivity index (χ0v) is 22.9. The maximum Gasteiger partial charge on any atom is 0.338 e. The summed E-state index contributed by atoms with van der Waals surface area (Å²) in [6, 6.07) is 7.82. The Kier molecular flexibility index (Phi) is 6.94. The quantitative estimate of drug-likeness (QED) is 0.593. The number of hydrogen-bond acceptors (Lipinski definition) is 6. The summed E-state index contributed by atoms with van der Waals surface area (Å²) >= 11 is 0. The molecule has 1 saturated carbocycles. The Morgan fingerprint density at radius 2 is 1.88 bits per heavy atom. The molecule has 214 valence electrons. The fourth-order valence-corrected chi connectivity index (χ4v) is 6.71. The Balaban J connectivity index is 1.10. The molecule has 0 bridgehead atoms. The molecule has 3 heterocycles. The largest absolute Gasteiger partial charge is 0.478 e. The Hall–Kier alpha value is -3.24. The van der Waals surface area contributed by atoms with Gasteiger partial charge in [0.25, 0.3) is 5.91 Å². The van der Waals surface area contributed by atoms with Crippen LogP contribution in [0.25, 0.3) is 0 Å². The van der Waals surface area contributed by atoms with Crippen molar-refractivity contribution < 1.29 is 33.0 Å². The van der Waals surface area contributed by atoms with Gasteiger partial charge >= 0.3 is 5.97 Å². The molecule has 4 aliphatic rings. The van der Waals surface area contributed by atoms with E-state index in [4.69, 9.17) is 9.47 Å². The van der Waals surface area contributed by atoms with E-state index >= 15 is 0 Å². The number of carboxylic acids is 1. The summed E-state index contributed by atoms with van der Waals surface area (Å²) in [5.41, 5.74) is 0.981. The van der Waals surface area contributed by atoms with Gasteiger partial charge in [0.2, 0.25) is 0 Å². The summed E-state index contributed by atoms with van der Waals surface area (Å²) in [5, 5.41) is 9.31. The fourth-order valence-electron chi connectivity index (χ4n) is 6.71. The van der Waals surface area contributed by atoms with Crippen molar-refractivity contribution in [1.29, 1.82) is 0 Å². The van der Waals surface area contributed by atoms with Crippen molar-refractivity contribution in [2.75, 3.05) is 37.9 Å². The molecule has 2 aromatic carbocycles. The predicted octanol–water partition coefficient (Wildman–Crippen LogP) is 4.19. The minimum Gasteiger partial charge on any atom is -0.478 e. The molecule has 0 radical (unpaired) electrons. The fraction of sp³-hybridized carbons (Fsp3) is 0.533. The van der Waals surface area contributed by atoms with Crippen molar-refractivity contribution in [3.63, 3.8) is 0 Å². The molecule has 10 heteroatoms. The van der Waals surface area contributed by atoms with E-state index in [1.165, 1.54) is 18.2 Å². The van der Waals surface area contributed by atoms with Crippen molar-refractivity contribution in [2.45, 2.75) is 63.8 Å². The van der Waals surface area contributed by atoms with Gasteiger partial charge in [0, 0.05) is 43.0 Å². The van der Waals surface area contributed by atoms with Gasteiger partial charge in [-0.3, -0.25) is 9.69 Å². The van der Waals surface area contributed by atoms with Crippen LogP contribution in [-0.2, 0) is 16.1 Å². The summed E-state index contributed by atoms with van der Waals surface area (Å²) in [6.45, 7) is 6.86. The van der Waals surface area contributed by atoms with Crippen LogP contribution in [0.5, 0.6) is 5.75 Å². The van der Waals surface area contributed by atoms with Crippen LogP contribution in [0.1, 0.15) is 54.1 Å². The first-order chi connectivity index (χ1) is 19.2. The molecule has 1 aliphatic carbocycles. The topological polar surface area (TPSA) is 82.6 Å². The molecule has 0 aromatic heterocycles. The van der Waals surface area contributed by atoms with Crippen LogP contribution in [0.3, 0.4) is 0 Å². The zero-order valence-electron chi connectivity index (χ0n) is 22.9. The van der Waals surface area contributed by atoms with Gasteiger partial charge in [-0.1, -0.05) is 6.07 Å². The first-order valence-corrected chi connectivity index (χ1v) is 14.0.